The van der Waals surface area contributed by atoms with E-state index in [2.05, 4.69) is 17.2 Å². The molecule has 0 amide bonds. The zero-order valence-electron chi connectivity index (χ0n) is 11.1. The van der Waals surface area contributed by atoms with Gasteiger partial charge in [-0.1, -0.05) is 13.3 Å². The van der Waals surface area contributed by atoms with E-state index in [9.17, 15) is 0 Å². The molecular formula is C14H23N3O. The summed E-state index contributed by atoms with van der Waals surface area (Å²) in [6.07, 6.45) is 7.32. The van der Waals surface area contributed by atoms with Crippen LogP contribution in [0.1, 0.15) is 43.9 Å². The Morgan fingerprint density at radius 1 is 1.61 bits per heavy atom. The average molecular weight is 249 g/mol. The number of furan rings is 1. The Kier molecular flexibility index (Phi) is 4.81. The van der Waals surface area contributed by atoms with E-state index < -0.39 is 0 Å². The van der Waals surface area contributed by atoms with E-state index in [-0.39, 0.29) is 0 Å². The third-order valence-corrected chi connectivity index (χ3v) is 3.32. The molecule has 2 heterocycles. The number of aryl methyl sites for hydroxylation is 1. The zero-order valence-corrected chi connectivity index (χ0v) is 11.1. The second-order valence-electron chi connectivity index (χ2n) is 4.92. The predicted molar refractivity (Wildman–Crippen MR) is 73.9 cm³/mol. The van der Waals surface area contributed by atoms with Crippen molar-refractivity contribution in [2.75, 3.05) is 13.1 Å². The molecule has 0 radical (unpaired) electrons. The highest BCUT2D eigenvalue weighted by molar-refractivity contribution is 5.97. The summed E-state index contributed by atoms with van der Waals surface area (Å²) in [4.78, 5) is 4.57. The fourth-order valence-electron chi connectivity index (χ4n) is 2.21. The molecule has 1 aliphatic rings. The standard InChI is InChI=1S/C14H23N3O/c1-2-3-6-13-8-11(10-18-13)14(15)17-12-5-4-7-16-9-12/h8,10,12,16H,2-7,9H2,1H3,(H2,15,17). The summed E-state index contributed by atoms with van der Waals surface area (Å²) in [7, 11) is 0. The number of piperidine rings is 1. The molecule has 0 aromatic carbocycles. The molecule has 2 rings (SSSR count). The maximum Gasteiger partial charge on any atom is 0.129 e. The largest absolute Gasteiger partial charge is 0.469 e. The van der Waals surface area contributed by atoms with Gasteiger partial charge in [-0.2, -0.15) is 0 Å². The van der Waals surface area contributed by atoms with Crippen LogP contribution in [0.5, 0.6) is 0 Å². The molecule has 0 spiro atoms. The van der Waals surface area contributed by atoms with E-state index in [1.165, 1.54) is 12.8 Å². The molecule has 4 nitrogen and oxygen atoms in total. The Morgan fingerprint density at radius 3 is 3.22 bits per heavy atom. The van der Waals surface area contributed by atoms with E-state index in [4.69, 9.17) is 10.2 Å². The van der Waals surface area contributed by atoms with Crippen molar-refractivity contribution in [1.82, 2.24) is 5.32 Å². The first kappa shape index (κ1) is 13.1. The van der Waals surface area contributed by atoms with Gasteiger partial charge in [0.2, 0.25) is 0 Å². The van der Waals surface area contributed by atoms with Crippen LogP contribution >= 0.6 is 0 Å². The van der Waals surface area contributed by atoms with Crippen molar-refractivity contribution < 1.29 is 4.42 Å². The Morgan fingerprint density at radius 2 is 2.50 bits per heavy atom. The van der Waals surface area contributed by atoms with Gasteiger partial charge < -0.3 is 15.5 Å². The van der Waals surface area contributed by atoms with Gasteiger partial charge in [0.15, 0.2) is 0 Å². The van der Waals surface area contributed by atoms with Gasteiger partial charge in [-0.15, -0.1) is 0 Å². The average Bonchev–Trinajstić information content (AvgIpc) is 2.86. The van der Waals surface area contributed by atoms with Crippen LogP contribution in [0.2, 0.25) is 0 Å². The summed E-state index contributed by atoms with van der Waals surface area (Å²) >= 11 is 0. The highest BCUT2D eigenvalue weighted by atomic mass is 16.3. The molecule has 3 N–H and O–H groups in total. The summed E-state index contributed by atoms with van der Waals surface area (Å²) in [5.74, 6) is 1.61. The molecule has 1 aromatic rings. The number of nitrogens with one attached hydrogen (secondary N) is 1. The first-order valence-corrected chi connectivity index (χ1v) is 6.91. The van der Waals surface area contributed by atoms with Crippen molar-refractivity contribution in [2.24, 2.45) is 10.7 Å². The number of nitrogens with two attached hydrogens (primary N) is 1. The molecule has 100 valence electrons. The summed E-state index contributed by atoms with van der Waals surface area (Å²) in [6.45, 7) is 4.20. The summed E-state index contributed by atoms with van der Waals surface area (Å²) < 4.78 is 5.50. The lowest BCUT2D eigenvalue weighted by Gasteiger charge is -2.19. The molecule has 0 saturated carbocycles. The van der Waals surface area contributed by atoms with E-state index in [1.807, 2.05) is 6.07 Å². The second kappa shape index (κ2) is 6.59. The van der Waals surface area contributed by atoms with Gasteiger partial charge in [0, 0.05) is 13.0 Å². The molecule has 4 heteroatoms. The monoisotopic (exact) mass is 249 g/mol. The van der Waals surface area contributed by atoms with Crippen molar-refractivity contribution in [2.45, 2.75) is 45.1 Å². The Bertz CT molecular complexity index is 391. The van der Waals surface area contributed by atoms with Crippen LogP contribution in [-0.2, 0) is 6.42 Å². The van der Waals surface area contributed by atoms with Gasteiger partial charge in [0.05, 0.1) is 11.6 Å². The van der Waals surface area contributed by atoms with Crippen molar-refractivity contribution in [3.8, 4) is 0 Å². The summed E-state index contributed by atoms with van der Waals surface area (Å²) in [6, 6.07) is 2.33. The number of hydrogen-bond acceptors (Lipinski definition) is 3. The lowest BCUT2D eigenvalue weighted by atomic mass is 10.1. The number of unbranched alkanes of at least 4 members (excludes halogenated alkanes) is 1. The van der Waals surface area contributed by atoms with Crippen LogP contribution < -0.4 is 11.1 Å². The maximum atomic E-state index is 6.03. The Labute approximate surface area is 109 Å². The van der Waals surface area contributed by atoms with Crippen LogP contribution in [0.4, 0.5) is 0 Å². The lowest BCUT2D eigenvalue weighted by molar-refractivity contribution is 0.461. The van der Waals surface area contributed by atoms with Gasteiger partial charge in [0.25, 0.3) is 0 Å². The first-order valence-electron chi connectivity index (χ1n) is 6.91. The number of amidine groups is 1. The first-order chi connectivity index (χ1) is 8.79. The molecule has 1 atom stereocenters. The van der Waals surface area contributed by atoms with Crippen LogP contribution in [0.15, 0.2) is 21.7 Å². The molecule has 0 bridgehead atoms. The molecule has 1 saturated heterocycles. The third-order valence-electron chi connectivity index (χ3n) is 3.32. The van der Waals surface area contributed by atoms with E-state index >= 15 is 0 Å². The fraction of sp³-hybridized carbons (Fsp3) is 0.643. The third kappa shape index (κ3) is 3.60. The minimum atomic E-state index is 0.313. The topological polar surface area (TPSA) is 63.5 Å². The Balaban J connectivity index is 1.96. The van der Waals surface area contributed by atoms with Crippen LogP contribution in [0.25, 0.3) is 0 Å². The number of hydrogen-bond donors (Lipinski definition) is 2. The quantitative estimate of drug-likeness (QED) is 0.620. The second-order valence-corrected chi connectivity index (χ2v) is 4.92. The number of aliphatic imine (C=N–C) groups is 1. The minimum Gasteiger partial charge on any atom is -0.469 e. The molecule has 1 fully saturated rings. The van der Waals surface area contributed by atoms with Crippen LogP contribution in [0, 0.1) is 0 Å². The predicted octanol–water partition coefficient (Wildman–Crippen LogP) is 2.08. The van der Waals surface area contributed by atoms with Crippen LogP contribution in [-0.4, -0.2) is 25.0 Å². The van der Waals surface area contributed by atoms with E-state index in [1.54, 1.807) is 6.26 Å². The highest BCUT2D eigenvalue weighted by Crippen LogP contribution is 2.12. The van der Waals surface area contributed by atoms with E-state index in [0.29, 0.717) is 11.9 Å². The molecule has 1 unspecified atom stereocenters. The molecule has 0 aliphatic carbocycles. The Hall–Kier alpha value is -1.29. The van der Waals surface area contributed by atoms with Crippen molar-refractivity contribution in [3.05, 3.63) is 23.7 Å². The number of nitrogens with zero attached hydrogens (tertiary/aromatic N) is 1. The van der Waals surface area contributed by atoms with E-state index in [0.717, 1.165) is 43.7 Å². The van der Waals surface area contributed by atoms with Gasteiger partial charge in [-0.05, 0) is 31.9 Å². The smallest absolute Gasteiger partial charge is 0.129 e. The normalized spacial score (nSPS) is 21.2. The fourth-order valence-corrected chi connectivity index (χ4v) is 2.21. The van der Waals surface area contributed by atoms with Crippen LogP contribution in [0.3, 0.4) is 0 Å². The maximum absolute atomic E-state index is 6.03. The van der Waals surface area contributed by atoms with Gasteiger partial charge >= 0.3 is 0 Å². The minimum absolute atomic E-state index is 0.313. The lowest BCUT2D eigenvalue weighted by Crippen LogP contribution is -2.34. The molecular weight excluding hydrogens is 226 g/mol. The zero-order chi connectivity index (χ0) is 12.8. The summed E-state index contributed by atoms with van der Waals surface area (Å²) in [5.41, 5.74) is 6.95. The van der Waals surface area contributed by atoms with Crippen molar-refractivity contribution in [3.63, 3.8) is 0 Å². The van der Waals surface area contributed by atoms with Gasteiger partial charge in [-0.25, -0.2) is 0 Å². The molecule has 1 aliphatic heterocycles. The molecule has 1 aromatic heterocycles. The highest BCUT2D eigenvalue weighted by Gasteiger charge is 2.13. The summed E-state index contributed by atoms with van der Waals surface area (Å²) in [5, 5.41) is 3.34. The molecule has 18 heavy (non-hydrogen) atoms. The van der Waals surface area contributed by atoms with Crippen molar-refractivity contribution in [1.29, 1.82) is 0 Å². The number of rotatable bonds is 5. The van der Waals surface area contributed by atoms with Gasteiger partial charge in [0.1, 0.15) is 17.9 Å². The SMILES string of the molecule is CCCCc1cc(C(N)=NC2CCCNC2)co1. The van der Waals surface area contributed by atoms with Crippen molar-refractivity contribution >= 4 is 5.84 Å². The van der Waals surface area contributed by atoms with Gasteiger partial charge in [-0.3, -0.25) is 4.99 Å².